The number of aromatic nitrogens is 1. The molecule has 0 spiro atoms. The second-order valence-electron chi connectivity index (χ2n) is 4.41. The van der Waals surface area contributed by atoms with E-state index >= 15 is 0 Å². The Morgan fingerprint density at radius 2 is 1.93 bits per heavy atom. The summed E-state index contributed by atoms with van der Waals surface area (Å²) in [6, 6.07) is 8.82. The average molecular weight is 199 g/mol. The summed E-state index contributed by atoms with van der Waals surface area (Å²) < 4.78 is 2.25. The molecule has 0 fully saturated rings. The molecule has 0 bridgehead atoms. The molecule has 78 valence electrons. The van der Waals surface area contributed by atoms with Gasteiger partial charge in [0.15, 0.2) is 0 Å². The van der Waals surface area contributed by atoms with E-state index in [1.165, 1.54) is 27.7 Å². The molecule has 0 aliphatic rings. The van der Waals surface area contributed by atoms with Crippen molar-refractivity contribution >= 4 is 17.0 Å². The maximum absolute atomic E-state index is 2.25. The number of hydrogen-bond acceptors (Lipinski definition) is 0. The van der Waals surface area contributed by atoms with Crippen LogP contribution in [0.1, 0.15) is 25.1 Å². The lowest BCUT2D eigenvalue weighted by atomic mass is 10.2. The lowest BCUT2D eigenvalue weighted by Crippen LogP contribution is -1.90. The molecule has 0 saturated carbocycles. The summed E-state index contributed by atoms with van der Waals surface area (Å²) in [4.78, 5) is 0. The first-order valence-electron chi connectivity index (χ1n) is 5.29. The van der Waals surface area contributed by atoms with Gasteiger partial charge in [0.25, 0.3) is 0 Å². The Hall–Kier alpha value is -1.50. The highest BCUT2D eigenvalue weighted by atomic mass is 14.9. The van der Waals surface area contributed by atoms with Crippen LogP contribution in [0.4, 0.5) is 0 Å². The van der Waals surface area contributed by atoms with E-state index in [1.54, 1.807) is 0 Å². The first-order chi connectivity index (χ1) is 7.08. The Kier molecular flexibility index (Phi) is 2.39. The topological polar surface area (TPSA) is 4.93 Å². The number of allylic oxidation sites excluding steroid dienone is 1. The van der Waals surface area contributed by atoms with Gasteiger partial charge in [0.05, 0.1) is 0 Å². The third-order valence-corrected chi connectivity index (χ3v) is 2.67. The van der Waals surface area contributed by atoms with Gasteiger partial charge in [-0.3, -0.25) is 0 Å². The molecule has 0 N–H and O–H groups in total. The lowest BCUT2D eigenvalue weighted by molar-refractivity contribution is 0.952. The summed E-state index contributed by atoms with van der Waals surface area (Å²) in [6.07, 6.45) is 2.22. The first kappa shape index (κ1) is 10.0. The fourth-order valence-electron chi connectivity index (χ4n) is 1.90. The van der Waals surface area contributed by atoms with Crippen molar-refractivity contribution in [3.8, 4) is 0 Å². The van der Waals surface area contributed by atoms with Gasteiger partial charge in [-0.1, -0.05) is 17.7 Å². The van der Waals surface area contributed by atoms with E-state index in [1.807, 2.05) is 0 Å². The zero-order chi connectivity index (χ0) is 11.0. The van der Waals surface area contributed by atoms with Gasteiger partial charge in [-0.2, -0.15) is 0 Å². The van der Waals surface area contributed by atoms with Gasteiger partial charge < -0.3 is 4.57 Å². The van der Waals surface area contributed by atoms with Crippen LogP contribution in [0.15, 0.2) is 29.8 Å². The van der Waals surface area contributed by atoms with Gasteiger partial charge in [0, 0.05) is 23.6 Å². The minimum Gasteiger partial charge on any atom is -0.344 e. The number of nitrogens with zero attached hydrogens (tertiary/aromatic N) is 1. The molecule has 1 heteroatoms. The standard InChI is InChI=1S/C14H17N/c1-10(2)7-13-9-12-6-5-11(3)8-14(12)15(13)4/h5-9H,1-4H3. The maximum atomic E-state index is 2.25. The van der Waals surface area contributed by atoms with Crippen LogP contribution in [-0.4, -0.2) is 4.57 Å². The number of rotatable bonds is 1. The normalized spacial score (nSPS) is 10.7. The van der Waals surface area contributed by atoms with Crippen molar-refractivity contribution in [2.24, 2.45) is 7.05 Å². The van der Waals surface area contributed by atoms with E-state index in [-0.39, 0.29) is 0 Å². The van der Waals surface area contributed by atoms with Crippen molar-refractivity contribution in [1.82, 2.24) is 4.57 Å². The van der Waals surface area contributed by atoms with E-state index in [4.69, 9.17) is 0 Å². The van der Waals surface area contributed by atoms with Crippen molar-refractivity contribution in [2.75, 3.05) is 0 Å². The minimum atomic E-state index is 1.27. The van der Waals surface area contributed by atoms with Gasteiger partial charge in [-0.15, -0.1) is 0 Å². The zero-order valence-electron chi connectivity index (χ0n) is 9.83. The highest BCUT2D eigenvalue weighted by Crippen LogP contribution is 2.21. The highest BCUT2D eigenvalue weighted by Gasteiger charge is 2.03. The molecule has 0 unspecified atom stereocenters. The molecule has 0 atom stereocenters. The number of benzene rings is 1. The van der Waals surface area contributed by atoms with E-state index in [2.05, 4.69) is 62.7 Å². The quantitative estimate of drug-likeness (QED) is 0.656. The molecule has 2 rings (SSSR count). The van der Waals surface area contributed by atoms with Crippen molar-refractivity contribution < 1.29 is 0 Å². The molecule has 0 amide bonds. The SMILES string of the molecule is CC(C)=Cc1cc2ccc(C)cc2n1C. The summed E-state index contributed by atoms with van der Waals surface area (Å²) in [7, 11) is 2.12. The van der Waals surface area contributed by atoms with Crippen LogP contribution in [0.3, 0.4) is 0 Å². The third kappa shape index (κ3) is 1.82. The van der Waals surface area contributed by atoms with Crippen LogP contribution >= 0.6 is 0 Å². The van der Waals surface area contributed by atoms with E-state index in [0.717, 1.165) is 0 Å². The van der Waals surface area contributed by atoms with E-state index < -0.39 is 0 Å². The Balaban J connectivity index is 2.70. The third-order valence-electron chi connectivity index (χ3n) is 2.67. The van der Waals surface area contributed by atoms with Gasteiger partial charge in [-0.25, -0.2) is 0 Å². The van der Waals surface area contributed by atoms with Crippen LogP contribution in [-0.2, 0) is 7.05 Å². The van der Waals surface area contributed by atoms with Crippen LogP contribution in [0.25, 0.3) is 17.0 Å². The molecule has 0 radical (unpaired) electrons. The Labute approximate surface area is 91.0 Å². The van der Waals surface area contributed by atoms with E-state index in [0.29, 0.717) is 0 Å². The van der Waals surface area contributed by atoms with Crippen LogP contribution in [0.2, 0.25) is 0 Å². The van der Waals surface area contributed by atoms with Gasteiger partial charge in [0.1, 0.15) is 0 Å². The van der Waals surface area contributed by atoms with E-state index in [9.17, 15) is 0 Å². The monoisotopic (exact) mass is 199 g/mol. The summed E-state index contributed by atoms with van der Waals surface area (Å²) in [5.41, 5.74) is 5.23. The maximum Gasteiger partial charge on any atom is 0.0485 e. The molecular weight excluding hydrogens is 182 g/mol. The fourth-order valence-corrected chi connectivity index (χ4v) is 1.90. The Bertz CT molecular complexity index is 526. The molecule has 15 heavy (non-hydrogen) atoms. The molecule has 0 aliphatic heterocycles. The van der Waals surface area contributed by atoms with Gasteiger partial charge >= 0.3 is 0 Å². The zero-order valence-corrected chi connectivity index (χ0v) is 9.83. The molecule has 1 heterocycles. The van der Waals surface area contributed by atoms with Crippen molar-refractivity contribution in [1.29, 1.82) is 0 Å². The highest BCUT2D eigenvalue weighted by molar-refractivity contribution is 5.84. The fraction of sp³-hybridized carbons (Fsp3) is 0.286. The predicted octanol–water partition coefficient (Wildman–Crippen LogP) is 3.91. The van der Waals surface area contributed by atoms with Gasteiger partial charge in [-0.05, 0) is 44.5 Å². The average Bonchev–Trinajstić information content (AvgIpc) is 2.44. The summed E-state index contributed by atoms with van der Waals surface area (Å²) in [6.45, 7) is 6.39. The molecule has 0 aliphatic carbocycles. The molecule has 1 nitrogen and oxygen atoms in total. The second kappa shape index (κ2) is 3.58. The molecule has 1 aromatic carbocycles. The number of aryl methyl sites for hydroxylation is 2. The summed E-state index contributed by atoms with van der Waals surface area (Å²) >= 11 is 0. The lowest BCUT2D eigenvalue weighted by Gasteiger charge is -2.00. The van der Waals surface area contributed by atoms with Gasteiger partial charge in [0.2, 0.25) is 0 Å². The van der Waals surface area contributed by atoms with Crippen molar-refractivity contribution in [2.45, 2.75) is 20.8 Å². The molecule has 0 saturated heterocycles. The second-order valence-corrected chi connectivity index (χ2v) is 4.41. The van der Waals surface area contributed by atoms with Crippen LogP contribution in [0, 0.1) is 6.92 Å². The van der Waals surface area contributed by atoms with Crippen LogP contribution < -0.4 is 0 Å². The number of hydrogen-bond donors (Lipinski definition) is 0. The van der Waals surface area contributed by atoms with Crippen molar-refractivity contribution in [3.63, 3.8) is 0 Å². The van der Waals surface area contributed by atoms with Crippen molar-refractivity contribution in [3.05, 3.63) is 41.1 Å². The first-order valence-corrected chi connectivity index (χ1v) is 5.29. The molecule has 2 aromatic rings. The summed E-state index contributed by atoms with van der Waals surface area (Å²) in [5, 5.41) is 1.32. The summed E-state index contributed by atoms with van der Waals surface area (Å²) in [5.74, 6) is 0. The molecule has 1 aromatic heterocycles. The largest absolute Gasteiger partial charge is 0.344 e. The molecular formula is C14H17N. The Morgan fingerprint density at radius 1 is 1.20 bits per heavy atom. The smallest absolute Gasteiger partial charge is 0.0485 e. The Morgan fingerprint density at radius 3 is 2.60 bits per heavy atom. The minimum absolute atomic E-state index is 1.27. The predicted molar refractivity (Wildman–Crippen MR) is 67.0 cm³/mol. The van der Waals surface area contributed by atoms with Crippen LogP contribution in [0.5, 0.6) is 0 Å². The number of fused-ring (bicyclic) bond motifs is 1.